The molecule has 0 radical (unpaired) electrons. The summed E-state index contributed by atoms with van der Waals surface area (Å²) in [4.78, 5) is 10.7. The van der Waals surface area contributed by atoms with E-state index in [0.717, 1.165) is 11.1 Å². The van der Waals surface area contributed by atoms with E-state index in [0.29, 0.717) is 22.4 Å². The topological polar surface area (TPSA) is 50.7 Å². The number of hydrogen-bond acceptors (Lipinski definition) is 3. The fraction of sp³-hybridized carbons (Fsp3) is 0.125. The Labute approximate surface area is 138 Å². The van der Waals surface area contributed by atoms with Crippen molar-refractivity contribution in [1.82, 2.24) is 5.43 Å². The monoisotopic (exact) mass is 336 g/mol. The summed E-state index contributed by atoms with van der Waals surface area (Å²) in [5, 5.41) is 4.96. The number of halogens is 2. The molecule has 0 aliphatic heterocycles. The van der Waals surface area contributed by atoms with E-state index < -0.39 is 0 Å². The summed E-state index contributed by atoms with van der Waals surface area (Å²) in [6.07, 6.45) is 1.55. The summed E-state index contributed by atoms with van der Waals surface area (Å²) in [5.41, 5.74) is 4.01. The molecule has 0 heterocycles. The predicted octanol–water partition coefficient (Wildman–Crippen LogP) is 4.04. The van der Waals surface area contributed by atoms with E-state index in [9.17, 15) is 4.79 Å². The van der Waals surface area contributed by atoms with Crippen LogP contribution in [0.15, 0.2) is 47.6 Å². The van der Waals surface area contributed by atoms with E-state index in [4.69, 9.17) is 27.9 Å². The Morgan fingerprint density at radius 1 is 1.27 bits per heavy atom. The van der Waals surface area contributed by atoms with Crippen LogP contribution in [0.2, 0.25) is 10.0 Å². The van der Waals surface area contributed by atoms with Gasteiger partial charge < -0.3 is 4.74 Å². The van der Waals surface area contributed by atoms with Crippen LogP contribution < -0.4 is 10.2 Å². The number of ether oxygens (including phenoxy) is 1. The fourth-order valence-corrected chi connectivity index (χ4v) is 2.15. The molecule has 2 aromatic rings. The zero-order valence-electron chi connectivity index (χ0n) is 11.8. The van der Waals surface area contributed by atoms with Gasteiger partial charge in [-0.05, 0) is 29.8 Å². The number of hydrogen-bond donors (Lipinski definition) is 1. The molecule has 0 fully saturated rings. The molecule has 114 valence electrons. The van der Waals surface area contributed by atoms with Crippen molar-refractivity contribution in [3.8, 4) is 5.75 Å². The molecular formula is C16H14Cl2N2O2. The van der Waals surface area contributed by atoms with Gasteiger partial charge in [0.2, 0.25) is 5.91 Å². The number of benzene rings is 2. The molecule has 0 saturated heterocycles. The number of hydrazone groups is 1. The largest absolute Gasteiger partial charge is 0.489 e. The maximum Gasteiger partial charge on any atom is 0.236 e. The minimum Gasteiger partial charge on any atom is -0.489 e. The fourth-order valence-electron chi connectivity index (χ4n) is 1.68. The van der Waals surface area contributed by atoms with Crippen LogP contribution in [0.1, 0.15) is 18.1 Å². The SMILES string of the molecule is CC(=O)N/N=C/c1cccc(OCc2ccc(Cl)cc2Cl)c1. The first-order valence-corrected chi connectivity index (χ1v) is 7.26. The molecule has 6 heteroatoms. The standard InChI is InChI=1S/C16H14Cl2N2O2/c1-11(21)20-19-9-12-3-2-4-15(7-12)22-10-13-5-6-14(17)8-16(13)18/h2-9H,10H2,1H3,(H,20,21)/b19-9+. The van der Waals surface area contributed by atoms with Gasteiger partial charge in [0, 0.05) is 22.5 Å². The summed E-state index contributed by atoms with van der Waals surface area (Å²) in [6.45, 7) is 1.73. The average Bonchev–Trinajstić information content (AvgIpc) is 2.46. The second-order valence-electron chi connectivity index (χ2n) is 4.52. The Morgan fingerprint density at radius 3 is 2.82 bits per heavy atom. The Balaban J connectivity index is 2.01. The number of nitrogens with one attached hydrogen (secondary N) is 1. The van der Waals surface area contributed by atoms with Crippen LogP contribution in [0, 0.1) is 0 Å². The quantitative estimate of drug-likeness (QED) is 0.661. The summed E-state index contributed by atoms with van der Waals surface area (Å²) in [6, 6.07) is 12.6. The van der Waals surface area contributed by atoms with Crippen molar-refractivity contribution >= 4 is 35.3 Å². The Kier molecular flexibility index (Phi) is 5.81. The van der Waals surface area contributed by atoms with E-state index in [1.165, 1.54) is 6.92 Å². The lowest BCUT2D eigenvalue weighted by Crippen LogP contribution is -2.12. The number of carbonyl (C=O) groups is 1. The highest BCUT2D eigenvalue weighted by molar-refractivity contribution is 6.35. The number of rotatable bonds is 5. The third-order valence-corrected chi connectivity index (χ3v) is 3.29. The minimum atomic E-state index is -0.221. The van der Waals surface area contributed by atoms with Gasteiger partial charge in [-0.25, -0.2) is 5.43 Å². The van der Waals surface area contributed by atoms with Crippen LogP contribution in [0.3, 0.4) is 0 Å². The molecule has 4 nitrogen and oxygen atoms in total. The number of carbonyl (C=O) groups excluding carboxylic acids is 1. The third-order valence-electron chi connectivity index (χ3n) is 2.70. The molecule has 0 spiro atoms. The van der Waals surface area contributed by atoms with Crippen molar-refractivity contribution < 1.29 is 9.53 Å². The Bertz CT molecular complexity index is 702. The van der Waals surface area contributed by atoms with Gasteiger partial charge >= 0.3 is 0 Å². The second-order valence-corrected chi connectivity index (χ2v) is 5.37. The van der Waals surface area contributed by atoms with Gasteiger partial charge in [-0.1, -0.05) is 41.4 Å². The summed E-state index contributed by atoms with van der Waals surface area (Å²) >= 11 is 12.0. The average molecular weight is 337 g/mol. The molecule has 0 aromatic heterocycles. The van der Waals surface area contributed by atoms with E-state index in [2.05, 4.69) is 10.5 Å². The first-order chi connectivity index (χ1) is 10.5. The maximum atomic E-state index is 10.7. The van der Waals surface area contributed by atoms with Crippen molar-refractivity contribution in [2.24, 2.45) is 5.10 Å². The molecule has 0 saturated carbocycles. The van der Waals surface area contributed by atoms with Crippen LogP contribution in [0.5, 0.6) is 5.75 Å². The lowest BCUT2D eigenvalue weighted by molar-refractivity contribution is -0.118. The minimum absolute atomic E-state index is 0.221. The van der Waals surface area contributed by atoms with E-state index >= 15 is 0 Å². The van der Waals surface area contributed by atoms with Crippen LogP contribution in [-0.4, -0.2) is 12.1 Å². The van der Waals surface area contributed by atoms with Crippen molar-refractivity contribution in [3.05, 3.63) is 63.6 Å². The third kappa shape index (κ3) is 5.06. The second kappa shape index (κ2) is 7.82. The molecule has 2 rings (SSSR count). The predicted molar refractivity (Wildman–Crippen MR) is 88.6 cm³/mol. The molecule has 0 unspecified atom stereocenters. The Hall–Kier alpha value is -2.04. The van der Waals surface area contributed by atoms with Gasteiger partial charge in [0.15, 0.2) is 0 Å². The van der Waals surface area contributed by atoms with Crippen molar-refractivity contribution in [2.75, 3.05) is 0 Å². The molecule has 0 aliphatic rings. The molecule has 0 bridgehead atoms. The Morgan fingerprint density at radius 2 is 2.09 bits per heavy atom. The van der Waals surface area contributed by atoms with Gasteiger partial charge in [-0.3, -0.25) is 4.79 Å². The van der Waals surface area contributed by atoms with E-state index in [-0.39, 0.29) is 5.91 Å². The molecule has 1 N–H and O–H groups in total. The van der Waals surface area contributed by atoms with Crippen molar-refractivity contribution in [2.45, 2.75) is 13.5 Å². The van der Waals surface area contributed by atoms with Gasteiger partial charge in [0.25, 0.3) is 0 Å². The van der Waals surface area contributed by atoms with Gasteiger partial charge in [0.05, 0.1) is 6.21 Å². The summed E-state index contributed by atoms with van der Waals surface area (Å²) in [5.74, 6) is 0.457. The van der Waals surface area contributed by atoms with Crippen molar-refractivity contribution in [3.63, 3.8) is 0 Å². The van der Waals surface area contributed by atoms with Gasteiger partial charge in [-0.2, -0.15) is 5.10 Å². The van der Waals surface area contributed by atoms with Crippen LogP contribution in [0.4, 0.5) is 0 Å². The lowest BCUT2D eigenvalue weighted by Gasteiger charge is -2.08. The highest BCUT2D eigenvalue weighted by Crippen LogP contribution is 2.22. The zero-order chi connectivity index (χ0) is 15.9. The van der Waals surface area contributed by atoms with E-state index in [1.54, 1.807) is 18.3 Å². The summed E-state index contributed by atoms with van der Waals surface area (Å²) < 4.78 is 5.70. The summed E-state index contributed by atoms with van der Waals surface area (Å²) in [7, 11) is 0. The normalized spacial score (nSPS) is 10.7. The molecular weight excluding hydrogens is 323 g/mol. The van der Waals surface area contributed by atoms with Crippen LogP contribution in [0.25, 0.3) is 0 Å². The van der Waals surface area contributed by atoms with Gasteiger partial charge in [0.1, 0.15) is 12.4 Å². The maximum absolute atomic E-state index is 10.7. The molecule has 1 amide bonds. The molecule has 0 aliphatic carbocycles. The highest BCUT2D eigenvalue weighted by Gasteiger charge is 2.03. The molecule has 0 atom stereocenters. The number of amides is 1. The van der Waals surface area contributed by atoms with Crippen LogP contribution >= 0.6 is 23.2 Å². The van der Waals surface area contributed by atoms with Gasteiger partial charge in [-0.15, -0.1) is 0 Å². The number of nitrogens with zero attached hydrogens (tertiary/aromatic N) is 1. The smallest absolute Gasteiger partial charge is 0.236 e. The van der Waals surface area contributed by atoms with Crippen LogP contribution in [-0.2, 0) is 11.4 Å². The van der Waals surface area contributed by atoms with E-state index in [1.807, 2.05) is 30.3 Å². The van der Waals surface area contributed by atoms with Crippen molar-refractivity contribution in [1.29, 1.82) is 0 Å². The first-order valence-electron chi connectivity index (χ1n) is 6.51. The lowest BCUT2D eigenvalue weighted by atomic mass is 10.2. The highest BCUT2D eigenvalue weighted by atomic mass is 35.5. The molecule has 2 aromatic carbocycles. The first kappa shape index (κ1) is 16.3. The molecule has 22 heavy (non-hydrogen) atoms. The zero-order valence-corrected chi connectivity index (χ0v) is 13.4.